The summed E-state index contributed by atoms with van der Waals surface area (Å²) in [5.41, 5.74) is 4.67. The molecule has 0 aliphatic rings. The Morgan fingerprint density at radius 1 is 0.686 bits per heavy atom. The molecule has 35 heavy (non-hydrogen) atoms. The van der Waals surface area contributed by atoms with E-state index >= 15 is 0 Å². The Labute approximate surface area is 204 Å². The number of aromatic hydroxyl groups is 1. The van der Waals surface area contributed by atoms with Crippen molar-refractivity contribution in [1.29, 1.82) is 0 Å². The maximum Gasteiger partial charge on any atom is 0.161 e. The Bertz CT molecular complexity index is 1280. The monoisotopic (exact) mass is 472 g/mol. The highest BCUT2D eigenvalue weighted by Gasteiger charge is 2.22. The van der Waals surface area contributed by atoms with Gasteiger partial charge in [0.05, 0.1) is 27.9 Å². The van der Waals surface area contributed by atoms with Crippen LogP contribution in [0.25, 0.3) is 22.3 Å². The highest BCUT2D eigenvalue weighted by Crippen LogP contribution is 2.46. The van der Waals surface area contributed by atoms with Crippen molar-refractivity contribution in [1.82, 2.24) is 0 Å². The van der Waals surface area contributed by atoms with Gasteiger partial charge in [0, 0.05) is 16.7 Å². The molecule has 0 amide bonds. The summed E-state index contributed by atoms with van der Waals surface area (Å²) < 4.78 is 23.1. The van der Waals surface area contributed by atoms with Gasteiger partial charge in [0.2, 0.25) is 0 Å². The third-order valence-electron chi connectivity index (χ3n) is 5.79. The first-order chi connectivity index (χ1) is 17.1. The molecule has 0 heterocycles. The third kappa shape index (κ3) is 5.03. The SMILES string of the molecule is COc1cc(-c2c(OC)cc(-c3ccc(O)cc3)c(OC)c2CO)ccc1OCc1ccccc1. The number of hydrogen-bond acceptors (Lipinski definition) is 6. The highest BCUT2D eigenvalue weighted by molar-refractivity contribution is 5.85. The standard InChI is InChI=1S/C29H28O6/c1-32-26-15-21(11-14-25(26)35-18-19-7-5-4-6-8-19)28-24(17-30)29(34-3)23(16-27(28)33-2)20-9-12-22(31)13-10-20/h4-16,30-31H,17-18H2,1-3H3. The molecule has 0 atom stereocenters. The number of benzene rings is 4. The van der Waals surface area contributed by atoms with Crippen molar-refractivity contribution in [2.24, 2.45) is 0 Å². The summed E-state index contributed by atoms with van der Waals surface area (Å²) in [6, 6.07) is 24.2. The lowest BCUT2D eigenvalue weighted by Crippen LogP contribution is -2.02. The lowest BCUT2D eigenvalue weighted by molar-refractivity contribution is 0.273. The van der Waals surface area contributed by atoms with Gasteiger partial charge in [-0.3, -0.25) is 0 Å². The van der Waals surface area contributed by atoms with E-state index in [9.17, 15) is 10.2 Å². The van der Waals surface area contributed by atoms with E-state index in [2.05, 4.69) is 0 Å². The first kappa shape index (κ1) is 24.0. The summed E-state index contributed by atoms with van der Waals surface area (Å²) in [7, 11) is 4.74. The van der Waals surface area contributed by atoms with Crippen molar-refractivity contribution < 1.29 is 29.2 Å². The molecule has 0 bridgehead atoms. The summed E-state index contributed by atoms with van der Waals surface area (Å²) in [5.74, 6) is 2.43. The van der Waals surface area contributed by atoms with Gasteiger partial charge >= 0.3 is 0 Å². The highest BCUT2D eigenvalue weighted by atomic mass is 16.5. The van der Waals surface area contributed by atoms with Gasteiger partial charge in [-0.25, -0.2) is 0 Å². The third-order valence-corrected chi connectivity index (χ3v) is 5.79. The average molecular weight is 473 g/mol. The molecular formula is C29H28O6. The molecule has 6 heteroatoms. The minimum Gasteiger partial charge on any atom is -0.508 e. The van der Waals surface area contributed by atoms with Crippen LogP contribution in [-0.2, 0) is 13.2 Å². The predicted octanol–water partition coefficient (Wildman–Crippen LogP) is 5.82. The van der Waals surface area contributed by atoms with E-state index in [1.807, 2.05) is 54.6 Å². The van der Waals surface area contributed by atoms with Gasteiger partial charge < -0.3 is 29.2 Å². The number of aliphatic hydroxyl groups excluding tert-OH is 1. The molecule has 0 saturated heterocycles. The molecule has 0 aliphatic heterocycles. The van der Waals surface area contributed by atoms with Gasteiger partial charge in [-0.2, -0.15) is 0 Å². The number of phenolic OH excluding ortho intramolecular Hbond substituents is 1. The van der Waals surface area contributed by atoms with Crippen LogP contribution in [0.4, 0.5) is 0 Å². The second-order valence-corrected chi connectivity index (χ2v) is 7.86. The van der Waals surface area contributed by atoms with Crippen molar-refractivity contribution >= 4 is 0 Å². The number of methoxy groups -OCH3 is 3. The van der Waals surface area contributed by atoms with Gasteiger partial charge in [0.15, 0.2) is 11.5 Å². The maximum atomic E-state index is 10.4. The first-order valence-electron chi connectivity index (χ1n) is 11.1. The van der Waals surface area contributed by atoms with Crippen LogP contribution in [0.15, 0.2) is 78.9 Å². The molecular weight excluding hydrogens is 444 g/mol. The van der Waals surface area contributed by atoms with E-state index in [4.69, 9.17) is 18.9 Å². The molecule has 2 N–H and O–H groups in total. The van der Waals surface area contributed by atoms with E-state index in [-0.39, 0.29) is 12.4 Å². The largest absolute Gasteiger partial charge is 0.508 e. The van der Waals surface area contributed by atoms with Crippen molar-refractivity contribution in [3.8, 4) is 51.0 Å². The molecule has 180 valence electrons. The summed E-state index contributed by atoms with van der Waals surface area (Å²) in [6.45, 7) is 0.145. The smallest absolute Gasteiger partial charge is 0.161 e. The van der Waals surface area contributed by atoms with Crippen molar-refractivity contribution in [3.63, 3.8) is 0 Å². The summed E-state index contributed by atoms with van der Waals surface area (Å²) in [4.78, 5) is 0. The zero-order valence-electron chi connectivity index (χ0n) is 19.9. The molecule has 0 spiro atoms. The molecule has 0 unspecified atom stereocenters. The normalized spacial score (nSPS) is 10.6. The fraction of sp³-hybridized carbons (Fsp3) is 0.172. The second-order valence-electron chi connectivity index (χ2n) is 7.86. The fourth-order valence-electron chi connectivity index (χ4n) is 4.09. The molecule has 0 radical (unpaired) electrons. The van der Waals surface area contributed by atoms with E-state index in [0.29, 0.717) is 40.7 Å². The topological polar surface area (TPSA) is 77.4 Å². The van der Waals surface area contributed by atoms with Crippen LogP contribution in [0.1, 0.15) is 11.1 Å². The van der Waals surface area contributed by atoms with E-state index < -0.39 is 0 Å². The number of hydrogen-bond donors (Lipinski definition) is 2. The van der Waals surface area contributed by atoms with Gasteiger partial charge in [-0.05, 0) is 47.0 Å². The summed E-state index contributed by atoms with van der Waals surface area (Å²) >= 11 is 0. The molecule has 0 aromatic heterocycles. The lowest BCUT2D eigenvalue weighted by Gasteiger charge is -2.21. The van der Waals surface area contributed by atoms with E-state index in [1.54, 1.807) is 45.6 Å². The molecule has 6 nitrogen and oxygen atoms in total. The molecule has 0 saturated carbocycles. The lowest BCUT2D eigenvalue weighted by atomic mass is 9.92. The Morgan fingerprint density at radius 3 is 2.00 bits per heavy atom. The van der Waals surface area contributed by atoms with Crippen molar-refractivity contribution in [2.75, 3.05) is 21.3 Å². The van der Waals surface area contributed by atoms with Crippen LogP contribution in [0.5, 0.6) is 28.7 Å². The van der Waals surface area contributed by atoms with Crippen LogP contribution in [-0.4, -0.2) is 31.5 Å². The maximum absolute atomic E-state index is 10.4. The molecule has 0 aliphatic carbocycles. The zero-order valence-corrected chi connectivity index (χ0v) is 19.9. The first-order valence-corrected chi connectivity index (χ1v) is 11.1. The van der Waals surface area contributed by atoms with E-state index in [1.165, 1.54) is 0 Å². The summed E-state index contributed by atoms with van der Waals surface area (Å²) in [6.07, 6.45) is 0. The Morgan fingerprint density at radius 2 is 1.37 bits per heavy atom. The summed E-state index contributed by atoms with van der Waals surface area (Å²) in [5, 5.41) is 20.1. The van der Waals surface area contributed by atoms with Crippen LogP contribution >= 0.6 is 0 Å². The van der Waals surface area contributed by atoms with Gasteiger partial charge in [-0.1, -0.05) is 48.5 Å². The number of aliphatic hydroxyl groups is 1. The van der Waals surface area contributed by atoms with Gasteiger partial charge in [0.1, 0.15) is 23.9 Å². The average Bonchev–Trinajstić information content (AvgIpc) is 2.91. The second kappa shape index (κ2) is 10.8. The molecule has 4 rings (SSSR count). The minimum atomic E-state index is -0.268. The Kier molecular flexibility index (Phi) is 7.43. The van der Waals surface area contributed by atoms with Crippen LogP contribution < -0.4 is 18.9 Å². The van der Waals surface area contributed by atoms with Gasteiger partial charge in [-0.15, -0.1) is 0 Å². The van der Waals surface area contributed by atoms with Crippen LogP contribution in [0, 0.1) is 0 Å². The molecule has 4 aromatic carbocycles. The Hall–Kier alpha value is -4.16. The number of phenols is 1. The van der Waals surface area contributed by atoms with Crippen molar-refractivity contribution in [3.05, 3.63) is 90.0 Å². The van der Waals surface area contributed by atoms with Crippen molar-refractivity contribution in [2.45, 2.75) is 13.2 Å². The quantitative estimate of drug-likeness (QED) is 0.320. The van der Waals surface area contributed by atoms with Crippen LogP contribution in [0.3, 0.4) is 0 Å². The molecule has 0 fully saturated rings. The fourth-order valence-corrected chi connectivity index (χ4v) is 4.09. The number of rotatable bonds is 9. The molecule has 4 aromatic rings. The van der Waals surface area contributed by atoms with Gasteiger partial charge in [0.25, 0.3) is 0 Å². The number of ether oxygens (including phenoxy) is 4. The minimum absolute atomic E-state index is 0.167. The zero-order chi connectivity index (χ0) is 24.8. The predicted molar refractivity (Wildman–Crippen MR) is 135 cm³/mol. The van der Waals surface area contributed by atoms with Crippen LogP contribution in [0.2, 0.25) is 0 Å². The van der Waals surface area contributed by atoms with E-state index in [0.717, 1.165) is 22.3 Å². The Balaban J connectivity index is 1.79.